The van der Waals surface area contributed by atoms with Crippen molar-refractivity contribution in [1.82, 2.24) is 4.90 Å². The first-order chi connectivity index (χ1) is 13.7. The van der Waals surface area contributed by atoms with Crippen molar-refractivity contribution in [3.8, 4) is 0 Å². The van der Waals surface area contributed by atoms with Gasteiger partial charge in [-0.1, -0.05) is 12.1 Å². The molecule has 1 fully saturated rings. The van der Waals surface area contributed by atoms with Crippen LogP contribution in [0.5, 0.6) is 0 Å². The molecule has 1 saturated heterocycles. The van der Waals surface area contributed by atoms with E-state index in [-0.39, 0.29) is 11.6 Å². The maximum atomic E-state index is 12.8. The lowest BCUT2D eigenvalue weighted by Crippen LogP contribution is -2.48. The zero-order chi connectivity index (χ0) is 21.0. The van der Waals surface area contributed by atoms with E-state index in [1.807, 2.05) is 4.90 Å². The summed E-state index contributed by atoms with van der Waals surface area (Å²) >= 11 is 0. The second kappa shape index (κ2) is 8.34. The molecule has 1 heterocycles. The first-order valence-corrected chi connectivity index (χ1v) is 8.88. The number of hydrogen-bond donors (Lipinski definition) is 0. The van der Waals surface area contributed by atoms with Crippen molar-refractivity contribution in [3.63, 3.8) is 0 Å². The van der Waals surface area contributed by atoms with Gasteiger partial charge >= 0.3 is 6.18 Å². The van der Waals surface area contributed by atoms with E-state index in [0.29, 0.717) is 31.7 Å². The van der Waals surface area contributed by atoms with Crippen molar-refractivity contribution in [2.24, 2.45) is 0 Å². The number of nitro benzene ring substituents is 1. The number of nitrogens with zero attached hydrogens (tertiary/aromatic N) is 3. The molecule has 1 amide bonds. The predicted octanol–water partition coefficient (Wildman–Crippen LogP) is 3.98. The normalized spacial score (nSPS) is 15.0. The van der Waals surface area contributed by atoms with Crippen molar-refractivity contribution in [1.29, 1.82) is 0 Å². The molecule has 0 spiro atoms. The molecule has 29 heavy (non-hydrogen) atoms. The number of nitro groups is 1. The van der Waals surface area contributed by atoms with Gasteiger partial charge in [-0.15, -0.1) is 0 Å². The zero-order valence-corrected chi connectivity index (χ0v) is 15.3. The van der Waals surface area contributed by atoms with E-state index >= 15 is 0 Å². The summed E-state index contributed by atoms with van der Waals surface area (Å²) in [5.41, 5.74) is 0.394. The summed E-state index contributed by atoms with van der Waals surface area (Å²) in [5.74, 6) is -0.272. The highest BCUT2D eigenvalue weighted by Crippen LogP contribution is 2.29. The van der Waals surface area contributed by atoms with Crippen LogP contribution in [0.3, 0.4) is 0 Å². The highest BCUT2D eigenvalue weighted by atomic mass is 19.4. The van der Waals surface area contributed by atoms with Gasteiger partial charge in [0.05, 0.1) is 10.5 Å². The van der Waals surface area contributed by atoms with Crippen LogP contribution in [-0.4, -0.2) is 41.9 Å². The second-order valence-electron chi connectivity index (χ2n) is 6.54. The third kappa shape index (κ3) is 5.13. The molecule has 0 aromatic heterocycles. The summed E-state index contributed by atoms with van der Waals surface area (Å²) in [5, 5.41) is 10.7. The molecule has 1 aliphatic heterocycles. The fourth-order valence-electron chi connectivity index (χ4n) is 3.06. The van der Waals surface area contributed by atoms with Gasteiger partial charge in [0.25, 0.3) is 5.69 Å². The Bertz CT molecular complexity index is 919. The number of non-ortho nitro benzene ring substituents is 1. The van der Waals surface area contributed by atoms with E-state index in [1.165, 1.54) is 36.4 Å². The van der Waals surface area contributed by atoms with Crippen LogP contribution >= 0.6 is 0 Å². The average Bonchev–Trinajstić information content (AvgIpc) is 2.72. The molecule has 0 unspecified atom stereocenters. The van der Waals surface area contributed by atoms with Crippen molar-refractivity contribution in [3.05, 3.63) is 75.8 Å². The zero-order valence-electron chi connectivity index (χ0n) is 15.3. The van der Waals surface area contributed by atoms with Gasteiger partial charge < -0.3 is 9.80 Å². The molecule has 0 N–H and O–H groups in total. The van der Waals surface area contributed by atoms with Gasteiger partial charge in [0.2, 0.25) is 5.91 Å². The smallest absolute Gasteiger partial charge is 0.368 e. The SMILES string of the molecule is O=C(/C=C/c1cccc(C(F)(F)F)c1)N1CCN(c2ccc([N+](=O)[O-])cc2)CC1. The maximum Gasteiger partial charge on any atom is 0.416 e. The van der Waals surface area contributed by atoms with Crippen LogP contribution in [0.15, 0.2) is 54.6 Å². The minimum absolute atomic E-state index is 0.0160. The molecular formula is C20H18F3N3O3. The van der Waals surface area contributed by atoms with Crippen LogP contribution in [0, 0.1) is 10.1 Å². The highest BCUT2D eigenvalue weighted by Gasteiger charge is 2.30. The summed E-state index contributed by atoms with van der Waals surface area (Å²) in [7, 11) is 0. The van der Waals surface area contributed by atoms with E-state index in [4.69, 9.17) is 0 Å². The van der Waals surface area contributed by atoms with Crippen molar-refractivity contribution < 1.29 is 22.9 Å². The summed E-state index contributed by atoms with van der Waals surface area (Å²) in [6.45, 7) is 2.01. The number of rotatable bonds is 4. The Balaban J connectivity index is 1.57. The fraction of sp³-hybridized carbons (Fsp3) is 0.250. The van der Waals surface area contributed by atoms with Crippen LogP contribution in [0.25, 0.3) is 6.08 Å². The third-order valence-corrected chi connectivity index (χ3v) is 4.65. The number of hydrogen-bond acceptors (Lipinski definition) is 4. The Morgan fingerprint density at radius 3 is 2.28 bits per heavy atom. The summed E-state index contributed by atoms with van der Waals surface area (Å²) in [6, 6.07) is 11.0. The standard InChI is InChI=1S/C20H18F3N3O3/c21-20(22,23)16-3-1-2-15(14-16)4-9-19(27)25-12-10-24(11-13-25)17-5-7-18(8-6-17)26(28)29/h1-9,14H,10-13H2/b9-4+. The molecule has 152 valence electrons. The number of carbonyl (C=O) groups is 1. The number of piperazine rings is 1. The van der Waals surface area contributed by atoms with Crippen LogP contribution in [0.1, 0.15) is 11.1 Å². The van der Waals surface area contributed by atoms with Crippen LogP contribution in [0.2, 0.25) is 0 Å². The van der Waals surface area contributed by atoms with Gasteiger partial charge in [-0.25, -0.2) is 0 Å². The van der Waals surface area contributed by atoms with Crippen LogP contribution in [0.4, 0.5) is 24.5 Å². The topological polar surface area (TPSA) is 66.7 Å². The Morgan fingerprint density at radius 2 is 1.69 bits per heavy atom. The number of alkyl halides is 3. The number of halogens is 3. The van der Waals surface area contributed by atoms with Crippen LogP contribution in [-0.2, 0) is 11.0 Å². The van der Waals surface area contributed by atoms with E-state index in [9.17, 15) is 28.1 Å². The highest BCUT2D eigenvalue weighted by molar-refractivity contribution is 5.92. The molecule has 1 aliphatic rings. The number of carbonyl (C=O) groups excluding carboxylic acids is 1. The number of benzene rings is 2. The molecule has 6 nitrogen and oxygen atoms in total. The lowest BCUT2D eigenvalue weighted by Gasteiger charge is -2.35. The molecule has 0 aliphatic carbocycles. The maximum absolute atomic E-state index is 12.8. The van der Waals surface area contributed by atoms with E-state index in [2.05, 4.69) is 0 Å². The molecular weight excluding hydrogens is 387 g/mol. The van der Waals surface area contributed by atoms with E-state index < -0.39 is 16.7 Å². The van der Waals surface area contributed by atoms with Gasteiger partial charge in [-0.05, 0) is 35.9 Å². The molecule has 0 bridgehead atoms. The van der Waals surface area contributed by atoms with Crippen LogP contribution < -0.4 is 4.90 Å². The monoisotopic (exact) mass is 405 g/mol. The summed E-state index contributed by atoms with van der Waals surface area (Å²) in [6.07, 6.45) is -1.78. The summed E-state index contributed by atoms with van der Waals surface area (Å²) in [4.78, 5) is 26.2. The lowest BCUT2D eigenvalue weighted by molar-refractivity contribution is -0.384. The Labute approximate surface area is 165 Å². The van der Waals surface area contributed by atoms with Gasteiger partial charge in [-0.2, -0.15) is 13.2 Å². The first kappa shape index (κ1) is 20.4. The van der Waals surface area contributed by atoms with Crippen molar-refractivity contribution in [2.75, 3.05) is 31.1 Å². The third-order valence-electron chi connectivity index (χ3n) is 4.65. The average molecular weight is 405 g/mol. The molecule has 9 heteroatoms. The molecule has 0 radical (unpaired) electrons. The predicted molar refractivity (Wildman–Crippen MR) is 102 cm³/mol. The van der Waals surface area contributed by atoms with Gasteiger partial charge in [0.15, 0.2) is 0 Å². The van der Waals surface area contributed by atoms with Crippen molar-refractivity contribution >= 4 is 23.4 Å². The Hall–Kier alpha value is -3.36. The number of anilines is 1. The van der Waals surface area contributed by atoms with E-state index in [1.54, 1.807) is 17.0 Å². The Kier molecular flexibility index (Phi) is 5.86. The minimum atomic E-state index is -4.43. The lowest BCUT2D eigenvalue weighted by atomic mass is 10.1. The summed E-state index contributed by atoms with van der Waals surface area (Å²) < 4.78 is 38.3. The molecule has 2 aromatic carbocycles. The molecule has 2 aromatic rings. The molecule has 0 atom stereocenters. The minimum Gasteiger partial charge on any atom is -0.368 e. The fourth-order valence-corrected chi connectivity index (χ4v) is 3.06. The molecule has 0 saturated carbocycles. The van der Waals surface area contributed by atoms with E-state index in [0.717, 1.165) is 17.8 Å². The van der Waals surface area contributed by atoms with Gasteiger partial charge in [0.1, 0.15) is 0 Å². The second-order valence-corrected chi connectivity index (χ2v) is 6.54. The Morgan fingerprint density at radius 1 is 1.03 bits per heavy atom. The first-order valence-electron chi connectivity index (χ1n) is 8.88. The van der Waals surface area contributed by atoms with Gasteiger partial charge in [0, 0.05) is 50.1 Å². The quantitative estimate of drug-likeness (QED) is 0.439. The van der Waals surface area contributed by atoms with Gasteiger partial charge in [-0.3, -0.25) is 14.9 Å². The largest absolute Gasteiger partial charge is 0.416 e. The van der Waals surface area contributed by atoms with Crippen molar-refractivity contribution in [2.45, 2.75) is 6.18 Å². The molecule has 3 rings (SSSR count). The number of amides is 1.